The molecule has 2 rings (SSSR count). The molecule has 0 aromatic heterocycles. The van der Waals surface area contributed by atoms with E-state index in [-0.39, 0.29) is 5.91 Å². The Hall–Kier alpha value is -0.830. The van der Waals surface area contributed by atoms with Crippen LogP contribution in [0.2, 0.25) is 0 Å². The molecule has 1 aromatic rings. The molecule has 1 aliphatic rings. The number of amides is 1. The zero-order valence-electron chi connectivity index (χ0n) is 10.9. The van der Waals surface area contributed by atoms with Crippen molar-refractivity contribution in [2.45, 2.75) is 39.2 Å². The lowest BCUT2D eigenvalue weighted by atomic mass is 9.78. The van der Waals surface area contributed by atoms with Crippen molar-refractivity contribution in [1.82, 2.24) is 5.32 Å². The Morgan fingerprint density at radius 2 is 2.11 bits per heavy atom. The highest BCUT2D eigenvalue weighted by atomic mass is 79.9. The number of benzene rings is 1. The molecule has 0 heterocycles. The lowest BCUT2D eigenvalue weighted by Gasteiger charge is -2.34. The fourth-order valence-corrected chi connectivity index (χ4v) is 3.07. The first-order valence-electron chi connectivity index (χ1n) is 6.64. The number of hydrogen-bond acceptors (Lipinski definition) is 1. The topological polar surface area (TPSA) is 29.1 Å². The molecule has 1 fully saturated rings. The molecule has 1 aliphatic carbocycles. The Balaban J connectivity index is 2.03. The largest absolute Gasteiger partial charge is 0.349 e. The number of rotatable bonds is 2. The van der Waals surface area contributed by atoms with Crippen LogP contribution < -0.4 is 5.32 Å². The summed E-state index contributed by atoms with van der Waals surface area (Å²) in [6.45, 7) is 4.53. The average molecular weight is 310 g/mol. The van der Waals surface area contributed by atoms with Crippen molar-refractivity contribution in [2.75, 3.05) is 0 Å². The van der Waals surface area contributed by atoms with Gasteiger partial charge in [0.1, 0.15) is 0 Å². The fourth-order valence-electron chi connectivity index (χ4n) is 2.67. The highest BCUT2D eigenvalue weighted by Gasteiger charge is 2.28. The molecule has 0 saturated heterocycles. The highest BCUT2D eigenvalue weighted by molar-refractivity contribution is 9.10. The Morgan fingerprint density at radius 3 is 2.83 bits per heavy atom. The molecule has 0 unspecified atom stereocenters. The van der Waals surface area contributed by atoms with Crippen LogP contribution in [0.4, 0.5) is 0 Å². The highest BCUT2D eigenvalue weighted by Crippen LogP contribution is 2.29. The molecular weight excluding hydrogens is 290 g/mol. The van der Waals surface area contributed by atoms with E-state index < -0.39 is 0 Å². The molecule has 98 valence electrons. The predicted molar refractivity (Wildman–Crippen MR) is 77.6 cm³/mol. The minimum atomic E-state index is 0.0438. The molecule has 0 aliphatic heterocycles. The van der Waals surface area contributed by atoms with Gasteiger partial charge in [0, 0.05) is 16.1 Å². The van der Waals surface area contributed by atoms with Crippen LogP contribution in [0.5, 0.6) is 0 Å². The van der Waals surface area contributed by atoms with Crippen molar-refractivity contribution >= 4 is 21.8 Å². The van der Waals surface area contributed by atoms with Crippen LogP contribution in [0.25, 0.3) is 0 Å². The van der Waals surface area contributed by atoms with E-state index in [1.165, 1.54) is 12.8 Å². The molecule has 0 radical (unpaired) electrons. The Bertz CT molecular complexity index is 432. The van der Waals surface area contributed by atoms with Gasteiger partial charge >= 0.3 is 0 Å². The fraction of sp³-hybridized carbons (Fsp3) is 0.533. The SMILES string of the molecule is C[C@@H]1[C@H](C)CCC[C@H]1NC(=O)c1cccc(Br)c1. The van der Waals surface area contributed by atoms with Gasteiger partial charge in [-0.15, -0.1) is 0 Å². The summed E-state index contributed by atoms with van der Waals surface area (Å²) >= 11 is 3.40. The lowest BCUT2D eigenvalue weighted by Crippen LogP contribution is -2.43. The van der Waals surface area contributed by atoms with E-state index in [0.717, 1.165) is 16.5 Å². The third kappa shape index (κ3) is 3.14. The van der Waals surface area contributed by atoms with Crippen molar-refractivity contribution in [3.63, 3.8) is 0 Å². The van der Waals surface area contributed by atoms with Crippen LogP contribution in [0, 0.1) is 11.8 Å². The molecule has 0 spiro atoms. The van der Waals surface area contributed by atoms with Crippen LogP contribution in [-0.4, -0.2) is 11.9 Å². The minimum Gasteiger partial charge on any atom is -0.349 e. The first-order valence-corrected chi connectivity index (χ1v) is 7.43. The molecule has 1 saturated carbocycles. The van der Waals surface area contributed by atoms with Crippen LogP contribution in [0.1, 0.15) is 43.5 Å². The smallest absolute Gasteiger partial charge is 0.251 e. The normalized spacial score (nSPS) is 27.8. The van der Waals surface area contributed by atoms with Gasteiger partial charge in [-0.1, -0.05) is 48.7 Å². The maximum absolute atomic E-state index is 12.2. The summed E-state index contributed by atoms with van der Waals surface area (Å²) < 4.78 is 0.945. The maximum Gasteiger partial charge on any atom is 0.251 e. The lowest BCUT2D eigenvalue weighted by molar-refractivity contribution is 0.0891. The summed E-state index contributed by atoms with van der Waals surface area (Å²) in [5, 5.41) is 3.18. The van der Waals surface area contributed by atoms with Crippen LogP contribution in [0.3, 0.4) is 0 Å². The van der Waals surface area contributed by atoms with Gasteiger partial charge < -0.3 is 5.32 Å². The summed E-state index contributed by atoms with van der Waals surface area (Å²) in [4.78, 5) is 12.2. The quantitative estimate of drug-likeness (QED) is 0.879. The van der Waals surface area contributed by atoms with Gasteiger partial charge in [0.15, 0.2) is 0 Å². The van der Waals surface area contributed by atoms with Crippen LogP contribution in [-0.2, 0) is 0 Å². The third-order valence-corrected chi connectivity index (χ3v) is 4.60. The summed E-state index contributed by atoms with van der Waals surface area (Å²) in [6, 6.07) is 7.87. The van der Waals surface area contributed by atoms with Gasteiger partial charge in [0.05, 0.1) is 0 Å². The van der Waals surface area contributed by atoms with Gasteiger partial charge in [0.2, 0.25) is 0 Å². The predicted octanol–water partition coefficient (Wildman–Crippen LogP) is 4.00. The zero-order valence-corrected chi connectivity index (χ0v) is 12.5. The number of halogens is 1. The summed E-state index contributed by atoms with van der Waals surface area (Å²) in [7, 11) is 0. The van der Waals surface area contributed by atoms with E-state index >= 15 is 0 Å². The first kappa shape index (κ1) is 13.6. The molecular formula is C15H20BrNO. The van der Waals surface area contributed by atoms with Crippen molar-refractivity contribution in [3.8, 4) is 0 Å². The Morgan fingerprint density at radius 1 is 1.33 bits per heavy atom. The average Bonchev–Trinajstić information content (AvgIpc) is 2.35. The second kappa shape index (κ2) is 5.87. The summed E-state index contributed by atoms with van der Waals surface area (Å²) in [5.41, 5.74) is 0.731. The second-order valence-corrected chi connectivity index (χ2v) is 6.27. The van der Waals surface area contributed by atoms with E-state index in [9.17, 15) is 4.79 Å². The zero-order chi connectivity index (χ0) is 13.1. The van der Waals surface area contributed by atoms with Crippen LogP contribution >= 0.6 is 15.9 Å². The molecule has 1 aromatic carbocycles. The molecule has 1 amide bonds. The molecule has 3 atom stereocenters. The van der Waals surface area contributed by atoms with Gasteiger partial charge in [-0.05, 0) is 36.5 Å². The maximum atomic E-state index is 12.2. The third-order valence-electron chi connectivity index (χ3n) is 4.11. The van der Waals surface area contributed by atoms with E-state index in [1.54, 1.807) is 0 Å². The molecule has 2 nitrogen and oxygen atoms in total. The van der Waals surface area contributed by atoms with Crippen molar-refractivity contribution in [1.29, 1.82) is 0 Å². The van der Waals surface area contributed by atoms with Crippen molar-refractivity contribution in [3.05, 3.63) is 34.3 Å². The molecule has 3 heteroatoms. The van der Waals surface area contributed by atoms with E-state index in [2.05, 4.69) is 35.1 Å². The van der Waals surface area contributed by atoms with Crippen LogP contribution in [0.15, 0.2) is 28.7 Å². The molecule has 18 heavy (non-hydrogen) atoms. The number of carbonyl (C=O) groups is 1. The molecule has 0 bridgehead atoms. The number of carbonyl (C=O) groups excluding carboxylic acids is 1. The van der Waals surface area contributed by atoms with E-state index in [4.69, 9.17) is 0 Å². The van der Waals surface area contributed by atoms with Gasteiger partial charge in [-0.25, -0.2) is 0 Å². The van der Waals surface area contributed by atoms with Gasteiger partial charge in [0.25, 0.3) is 5.91 Å². The minimum absolute atomic E-state index is 0.0438. The first-order chi connectivity index (χ1) is 8.58. The number of hydrogen-bond donors (Lipinski definition) is 1. The Kier molecular flexibility index (Phi) is 4.44. The second-order valence-electron chi connectivity index (χ2n) is 5.36. The van der Waals surface area contributed by atoms with E-state index in [0.29, 0.717) is 17.9 Å². The molecule has 1 N–H and O–H groups in total. The summed E-state index contributed by atoms with van der Waals surface area (Å²) in [5.74, 6) is 1.31. The monoisotopic (exact) mass is 309 g/mol. The van der Waals surface area contributed by atoms with Crippen molar-refractivity contribution < 1.29 is 4.79 Å². The van der Waals surface area contributed by atoms with Gasteiger partial charge in [-0.3, -0.25) is 4.79 Å². The van der Waals surface area contributed by atoms with E-state index in [1.807, 2.05) is 24.3 Å². The number of nitrogens with one attached hydrogen (secondary N) is 1. The standard InChI is InChI=1S/C15H20BrNO/c1-10-5-3-8-14(11(10)2)17-15(18)12-6-4-7-13(16)9-12/h4,6-7,9-11,14H,3,5,8H2,1-2H3,(H,17,18)/t10-,11-,14-/m1/s1. The summed E-state index contributed by atoms with van der Waals surface area (Å²) in [6.07, 6.45) is 3.60. The Labute approximate surface area is 117 Å². The van der Waals surface area contributed by atoms with Gasteiger partial charge in [-0.2, -0.15) is 0 Å². The van der Waals surface area contributed by atoms with Crippen molar-refractivity contribution in [2.24, 2.45) is 11.8 Å².